The van der Waals surface area contributed by atoms with Gasteiger partial charge >= 0.3 is 12.2 Å². The second-order valence-electron chi connectivity index (χ2n) is 7.51. The molecule has 1 heterocycles. The van der Waals surface area contributed by atoms with Crippen molar-refractivity contribution in [3.8, 4) is 0 Å². The number of benzene rings is 2. The first kappa shape index (κ1) is 24.8. The van der Waals surface area contributed by atoms with Gasteiger partial charge in [0.25, 0.3) is 0 Å². The van der Waals surface area contributed by atoms with E-state index in [1.54, 1.807) is 0 Å². The number of carbonyl (C=O) groups excluding carboxylic acids is 2. The molecular formula is C22H22F5N3O2S. The van der Waals surface area contributed by atoms with Crippen molar-refractivity contribution in [3.05, 3.63) is 65.2 Å². The number of anilines is 1. The Balaban J connectivity index is 1.65. The van der Waals surface area contributed by atoms with Gasteiger partial charge in [0.15, 0.2) is 0 Å². The van der Waals surface area contributed by atoms with Gasteiger partial charge in [-0.2, -0.15) is 13.2 Å². The average Bonchev–Trinajstić information content (AvgIpc) is 3.06. The zero-order valence-electron chi connectivity index (χ0n) is 17.8. The Labute approximate surface area is 191 Å². The first-order valence-corrected chi connectivity index (χ1v) is 11.1. The number of nitrogens with zero attached hydrogens (tertiary/aromatic N) is 2. The molecule has 2 aromatic rings. The van der Waals surface area contributed by atoms with Gasteiger partial charge in [0, 0.05) is 37.5 Å². The summed E-state index contributed by atoms with van der Waals surface area (Å²) in [6.45, 7) is 2.02. The van der Waals surface area contributed by atoms with Crippen LogP contribution in [-0.2, 0) is 11.0 Å². The highest BCUT2D eigenvalue weighted by molar-refractivity contribution is 8.01. The summed E-state index contributed by atoms with van der Waals surface area (Å²) >= 11 is 1.27. The molecule has 2 aromatic carbocycles. The number of nitrogens with one attached hydrogen (secondary N) is 1. The minimum absolute atomic E-state index is 0.0918. The highest BCUT2D eigenvalue weighted by atomic mass is 32.2. The van der Waals surface area contributed by atoms with Crippen LogP contribution in [0.15, 0.2) is 42.5 Å². The highest BCUT2D eigenvalue weighted by Gasteiger charge is 2.41. The molecule has 1 aliphatic rings. The number of hydrogen-bond acceptors (Lipinski definition) is 3. The first-order chi connectivity index (χ1) is 15.5. The van der Waals surface area contributed by atoms with Crippen molar-refractivity contribution in [1.82, 2.24) is 9.80 Å². The number of likely N-dealkylation sites (N-methyl/N-ethyl adjacent to an activating group) is 1. The Bertz CT molecular complexity index is 1020. The van der Waals surface area contributed by atoms with Crippen molar-refractivity contribution in [3.63, 3.8) is 0 Å². The number of carbonyl (C=O) groups is 2. The maximum absolute atomic E-state index is 14.4. The fraction of sp³-hybridized carbons (Fsp3) is 0.364. The van der Waals surface area contributed by atoms with Crippen molar-refractivity contribution in [2.24, 2.45) is 0 Å². The van der Waals surface area contributed by atoms with Crippen LogP contribution in [0.5, 0.6) is 0 Å². The average molecular weight is 487 g/mol. The zero-order chi connectivity index (χ0) is 24.3. The van der Waals surface area contributed by atoms with Crippen molar-refractivity contribution in [2.75, 3.05) is 25.5 Å². The van der Waals surface area contributed by atoms with E-state index in [-0.39, 0.29) is 35.5 Å². The largest absolute Gasteiger partial charge is 0.416 e. The van der Waals surface area contributed by atoms with Crippen LogP contribution in [0, 0.1) is 11.6 Å². The summed E-state index contributed by atoms with van der Waals surface area (Å²) in [5.74, 6) is -1.67. The molecule has 2 atom stereocenters. The number of hydrogen-bond donors (Lipinski definition) is 1. The van der Waals surface area contributed by atoms with E-state index in [1.807, 2.05) is 6.92 Å². The lowest BCUT2D eigenvalue weighted by Gasteiger charge is -2.27. The van der Waals surface area contributed by atoms with Crippen molar-refractivity contribution in [1.29, 1.82) is 0 Å². The van der Waals surface area contributed by atoms with Crippen LogP contribution >= 0.6 is 11.8 Å². The number of amides is 3. The van der Waals surface area contributed by atoms with Gasteiger partial charge in [-0.25, -0.2) is 13.6 Å². The first-order valence-electron chi connectivity index (χ1n) is 10.1. The van der Waals surface area contributed by atoms with E-state index in [2.05, 4.69) is 5.32 Å². The molecule has 0 saturated carbocycles. The molecular weight excluding hydrogens is 465 g/mol. The molecule has 2 unspecified atom stereocenters. The van der Waals surface area contributed by atoms with Gasteiger partial charge in [-0.1, -0.05) is 13.0 Å². The predicted octanol–water partition coefficient (Wildman–Crippen LogP) is 5.50. The van der Waals surface area contributed by atoms with Gasteiger partial charge in [0.2, 0.25) is 5.91 Å². The second-order valence-corrected chi connectivity index (χ2v) is 8.80. The summed E-state index contributed by atoms with van der Waals surface area (Å²) in [7, 11) is 1.47. The van der Waals surface area contributed by atoms with E-state index in [0.29, 0.717) is 6.42 Å². The lowest BCUT2D eigenvalue weighted by atomic mass is 10.1. The number of urea groups is 1. The molecule has 1 saturated heterocycles. The fourth-order valence-electron chi connectivity index (χ4n) is 3.35. The van der Waals surface area contributed by atoms with Crippen molar-refractivity contribution in [2.45, 2.75) is 30.1 Å². The van der Waals surface area contributed by atoms with E-state index in [1.165, 1.54) is 34.7 Å². The molecule has 3 amide bonds. The minimum Gasteiger partial charge on any atom is -0.326 e. The molecule has 0 aliphatic carbocycles. The Morgan fingerprint density at radius 2 is 1.82 bits per heavy atom. The summed E-state index contributed by atoms with van der Waals surface area (Å²) in [6, 6.07) is 6.65. The third kappa shape index (κ3) is 5.76. The standard InChI is InChI=1S/C22H22F5N3O2S/c1-3-18-19(31)30(20(33-18)16-9-6-14(23)12-17(16)24)11-10-29(2)21(32)28-15-7-4-13(5-8-15)22(25,26)27/h4-9,12,18,20H,3,10-11H2,1-2H3,(H,28,32). The van der Waals surface area contributed by atoms with Crippen LogP contribution in [0.25, 0.3) is 0 Å². The predicted molar refractivity (Wildman–Crippen MR) is 116 cm³/mol. The lowest BCUT2D eigenvalue weighted by Crippen LogP contribution is -2.40. The Hall–Kier alpha value is -2.82. The highest BCUT2D eigenvalue weighted by Crippen LogP contribution is 2.44. The van der Waals surface area contributed by atoms with Crippen LogP contribution < -0.4 is 5.32 Å². The maximum atomic E-state index is 14.4. The summed E-state index contributed by atoms with van der Waals surface area (Å²) < 4.78 is 65.7. The Kier molecular flexibility index (Phi) is 7.51. The number of halogens is 5. The third-order valence-electron chi connectivity index (χ3n) is 5.22. The normalized spacial score (nSPS) is 18.5. The number of rotatable bonds is 6. The third-order valence-corrected chi connectivity index (χ3v) is 6.85. The summed E-state index contributed by atoms with van der Waals surface area (Å²) in [6.07, 6.45) is -3.94. The molecule has 1 aliphatic heterocycles. The molecule has 11 heteroatoms. The zero-order valence-corrected chi connectivity index (χ0v) is 18.6. The molecule has 1 fully saturated rings. The molecule has 178 valence electrons. The summed E-state index contributed by atoms with van der Waals surface area (Å²) in [5.41, 5.74) is -0.462. The Morgan fingerprint density at radius 1 is 1.15 bits per heavy atom. The van der Waals surface area contributed by atoms with Crippen molar-refractivity contribution >= 4 is 29.4 Å². The van der Waals surface area contributed by atoms with E-state index in [4.69, 9.17) is 0 Å². The quantitative estimate of drug-likeness (QED) is 0.548. The van der Waals surface area contributed by atoms with Crippen LogP contribution in [0.4, 0.5) is 32.4 Å². The van der Waals surface area contributed by atoms with Gasteiger partial charge in [0.05, 0.1) is 10.8 Å². The fourth-order valence-corrected chi connectivity index (χ4v) is 4.80. The Morgan fingerprint density at radius 3 is 2.39 bits per heavy atom. The molecule has 1 N–H and O–H groups in total. The van der Waals surface area contributed by atoms with E-state index >= 15 is 0 Å². The maximum Gasteiger partial charge on any atom is 0.416 e. The molecule has 5 nitrogen and oxygen atoms in total. The van der Waals surface area contributed by atoms with Crippen LogP contribution in [0.3, 0.4) is 0 Å². The van der Waals surface area contributed by atoms with Crippen molar-refractivity contribution < 1.29 is 31.5 Å². The van der Waals surface area contributed by atoms with Crippen LogP contribution in [0.2, 0.25) is 0 Å². The second kappa shape index (κ2) is 9.98. The summed E-state index contributed by atoms with van der Waals surface area (Å²) in [5, 5.41) is 1.45. The van der Waals surface area contributed by atoms with Gasteiger partial charge in [-0.15, -0.1) is 11.8 Å². The van der Waals surface area contributed by atoms with Crippen LogP contribution in [-0.4, -0.2) is 47.1 Å². The van der Waals surface area contributed by atoms with E-state index < -0.39 is 34.8 Å². The van der Waals surface area contributed by atoms with Gasteiger partial charge < -0.3 is 15.1 Å². The molecule has 0 bridgehead atoms. The minimum atomic E-state index is -4.48. The molecule has 3 rings (SSSR count). The van der Waals surface area contributed by atoms with E-state index in [9.17, 15) is 31.5 Å². The van der Waals surface area contributed by atoms with Gasteiger partial charge in [-0.3, -0.25) is 4.79 Å². The molecule has 0 aromatic heterocycles. The summed E-state index contributed by atoms with van der Waals surface area (Å²) in [4.78, 5) is 27.9. The number of thioether (sulfide) groups is 1. The molecule has 33 heavy (non-hydrogen) atoms. The smallest absolute Gasteiger partial charge is 0.326 e. The van der Waals surface area contributed by atoms with E-state index in [0.717, 1.165) is 36.4 Å². The monoisotopic (exact) mass is 487 g/mol. The molecule has 0 radical (unpaired) electrons. The molecule has 0 spiro atoms. The van der Waals surface area contributed by atoms with Crippen LogP contribution in [0.1, 0.15) is 29.8 Å². The SMILES string of the molecule is CCC1SC(c2ccc(F)cc2F)N(CCN(C)C(=O)Nc2ccc(C(F)(F)F)cc2)C1=O. The topological polar surface area (TPSA) is 52.6 Å². The van der Waals surface area contributed by atoms with Gasteiger partial charge in [-0.05, 0) is 36.8 Å². The lowest BCUT2D eigenvalue weighted by molar-refractivity contribution is -0.137. The van der Waals surface area contributed by atoms with Gasteiger partial charge in [0.1, 0.15) is 17.0 Å². The number of alkyl halides is 3.